The average Bonchev–Trinajstić information content (AvgIpc) is 3.46. The molecule has 36 heavy (non-hydrogen) atoms. The first kappa shape index (κ1) is 23.6. The van der Waals surface area contributed by atoms with E-state index in [0.717, 1.165) is 16.9 Å². The van der Waals surface area contributed by atoms with Crippen LogP contribution in [0, 0.1) is 17.3 Å². The lowest BCUT2D eigenvalue weighted by Gasteiger charge is -2.55. The van der Waals surface area contributed by atoms with Crippen molar-refractivity contribution in [3.63, 3.8) is 0 Å². The fraction of sp³-hybridized carbons (Fsp3) is 0.500. The maximum absolute atomic E-state index is 13.5. The number of aliphatic hydroxyl groups excluding tert-OH is 1. The quantitative estimate of drug-likeness (QED) is 0.586. The smallest absolute Gasteiger partial charge is 0.310 e. The van der Waals surface area contributed by atoms with Gasteiger partial charge in [0.25, 0.3) is 0 Å². The molecule has 6 rings (SSSR count). The molecule has 2 aromatic carbocycles. The van der Waals surface area contributed by atoms with Gasteiger partial charge in [-0.25, -0.2) is 0 Å². The molecule has 1 spiro atoms. The zero-order valence-corrected chi connectivity index (χ0v) is 20.1. The summed E-state index contributed by atoms with van der Waals surface area (Å²) in [5, 5.41) is 11.3. The number of carbonyl (C=O) groups is 2. The number of carbonyl (C=O) groups excluding carboxylic acids is 2. The Bertz CT molecular complexity index is 1130. The number of Topliss-reactive ketones (excluding diaryl/α,β-unsaturated/α-hetero) is 1. The first-order valence-corrected chi connectivity index (χ1v) is 12.4. The summed E-state index contributed by atoms with van der Waals surface area (Å²) in [5.41, 5.74) is -0.311. The lowest BCUT2D eigenvalue weighted by Crippen LogP contribution is -2.70. The SMILES string of the molecule is COc1ccc(CO[C@H]2C[C@@H]3C(=O)OC[C@@]34C(=O)C[C@@H](O)[C@@]3(OCc5ccccc5)CO[C@@H]2[C@@H]34)cc1. The molecule has 4 aliphatic rings. The van der Waals surface area contributed by atoms with Crippen LogP contribution in [-0.2, 0) is 41.8 Å². The van der Waals surface area contributed by atoms with Gasteiger partial charge in [-0.3, -0.25) is 9.59 Å². The van der Waals surface area contributed by atoms with E-state index >= 15 is 0 Å². The number of rotatable bonds is 7. The Kier molecular flexibility index (Phi) is 5.87. The van der Waals surface area contributed by atoms with E-state index in [1.165, 1.54) is 0 Å². The third-order valence-corrected chi connectivity index (χ3v) is 8.54. The monoisotopic (exact) mass is 494 g/mol. The highest BCUT2D eigenvalue weighted by Crippen LogP contribution is 2.62. The summed E-state index contributed by atoms with van der Waals surface area (Å²) in [6, 6.07) is 17.3. The first-order valence-electron chi connectivity index (χ1n) is 12.4. The van der Waals surface area contributed by atoms with Crippen molar-refractivity contribution < 1.29 is 38.4 Å². The molecule has 7 atom stereocenters. The molecule has 190 valence electrons. The van der Waals surface area contributed by atoms with Gasteiger partial charge in [-0.15, -0.1) is 0 Å². The van der Waals surface area contributed by atoms with Crippen LogP contribution in [-0.4, -0.2) is 61.1 Å². The maximum Gasteiger partial charge on any atom is 0.310 e. The van der Waals surface area contributed by atoms with Crippen LogP contribution in [0.5, 0.6) is 5.75 Å². The van der Waals surface area contributed by atoms with Crippen molar-refractivity contribution in [2.75, 3.05) is 20.3 Å². The summed E-state index contributed by atoms with van der Waals surface area (Å²) in [6.45, 7) is 0.679. The van der Waals surface area contributed by atoms with Crippen LogP contribution in [0.15, 0.2) is 54.6 Å². The van der Waals surface area contributed by atoms with Crippen molar-refractivity contribution in [1.29, 1.82) is 0 Å². The molecule has 2 saturated heterocycles. The van der Waals surface area contributed by atoms with Gasteiger partial charge in [0.2, 0.25) is 0 Å². The standard InChI is InChI=1S/C28H30O8/c1-32-19-9-7-18(8-10-19)13-33-21-11-20-26(31)35-15-27(20)22(29)12-23(30)28(16-34-24(21)25(27)28)36-14-17-5-3-2-4-6-17/h2-10,20-21,23-25,30H,11-16H2,1H3/t20-,21+,23-,24+,25-,27+,28+/m1/s1. The molecular formula is C28H30O8. The Morgan fingerprint density at radius 1 is 1.00 bits per heavy atom. The molecule has 2 aliphatic carbocycles. The van der Waals surface area contributed by atoms with Crippen LogP contribution >= 0.6 is 0 Å². The van der Waals surface area contributed by atoms with Crippen molar-refractivity contribution in [1.82, 2.24) is 0 Å². The number of methoxy groups -OCH3 is 1. The van der Waals surface area contributed by atoms with Gasteiger partial charge in [-0.1, -0.05) is 42.5 Å². The summed E-state index contributed by atoms with van der Waals surface area (Å²) in [4.78, 5) is 26.4. The van der Waals surface area contributed by atoms with E-state index in [2.05, 4.69) is 0 Å². The third-order valence-electron chi connectivity index (χ3n) is 8.54. The molecule has 8 heteroatoms. The molecule has 0 bridgehead atoms. The fourth-order valence-corrected chi connectivity index (χ4v) is 6.72. The summed E-state index contributed by atoms with van der Waals surface area (Å²) in [6.07, 6.45) is -1.78. The minimum atomic E-state index is -1.14. The molecular weight excluding hydrogens is 464 g/mol. The van der Waals surface area contributed by atoms with Gasteiger partial charge in [0.15, 0.2) is 0 Å². The average molecular weight is 495 g/mol. The van der Waals surface area contributed by atoms with Gasteiger partial charge in [0, 0.05) is 12.3 Å². The normalized spacial score (nSPS) is 36.8. The van der Waals surface area contributed by atoms with E-state index in [1.54, 1.807) is 7.11 Å². The van der Waals surface area contributed by atoms with E-state index in [-0.39, 0.29) is 38.0 Å². The predicted octanol–water partition coefficient (Wildman–Crippen LogP) is 2.45. The highest BCUT2D eigenvalue weighted by molar-refractivity contribution is 5.95. The number of cyclic esters (lactones) is 1. The van der Waals surface area contributed by atoms with E-state index in [4.69, 9.17) is 23.7 Å². The molecule has 0 amide bonds. The second-order valence-corrected chi connectivity index (χ2v) is 10.3. The number of hydrogen-bond acceptors (Lipinski definition) is 8. The largest absolute Gasteiger partial charge is 0.497 e. The third kappa shape index (κ3) is 3.50. The molecule has 8 nitrogen and oxygen atoms in total. The van der Waals surface area contributed by atoms with Gasteiger partial charge < -0.3 is 28.8 Å². The molecule has 1 N–H and O–H groups in total. The van der Waals surface area contributed by atoms with Crippen molar-refractivity contribution >= 4 is 11.8 Å². The Morgan fingerprint density at radius 3 is 2.50 bits per heavy atom. The summed E-state index contributed by atoms with van der Waals surface area (Å²) >= 11 is 0. The van der Waals surface area contributed by atoms with Crippen LogP contribution in [0.3, 0.4) is 0 Å². The van der Waals surface area contributed by atoms with E-state index in [9.17, 15) is 14.7 Å². The molecule has 2 aromatic rings. The molecule has 0 aromatic heterocycles. The molecule has 0 unspecified atom stereocenters. The van der Waals surface area contributed by atoms with Gasteiger partial charge in [-0.05, 0) is 29.7 Å². The molecule has 2 heterocycles. The number of esters is 1. The summed E-state index contributed by atoms with van der Waals surface area (Å²) in [5.74, 6) is -1.000. The first-order chi connectivity index (χ1) is 17.5. The maximum atomic E-state index is 13.5. The topological polar surface area (TPSA) is 101 Å². The highest BCUT2D eigenvalue weighted by Gasteiger charge is 2.77. The summed E-state index contributed by atoms with van der Waals surface area (Å²) < 4.78 is 29.9. The van der Waals surface area contributed by atoms with Crippen molar-refractivity contribution in [3.05, 3.63) is 65.7 Å². The zero-order valence-electron chi connectivity index (χ0n) is 20.1. The van der Waals surface area contributed by atoms with E-state index < -0.39 is 41.2 Å². The van der Waals surface area contributed by atoms with E-state index in [1.807, 2.05) is 54.6 Å². The number of benzene rings is 2. The van der Waals surface area contributed by atoms with Gasteiger partial charge in [0.05, 0.1) is 56.6 Å². The van der Waals surface area contributed by atoms with Crippen LogP contribution < -0.4 is 4.74 Å². The second kappa shape index (κ2) is 8.95. The Labute approximate surface area is 209 Å². The van der Waals surface area contributed by atoms with Crippen LogP contribution in [0.4, 0.5) is 0 Å². The number of aliphatic hydroxyl groups is 1. The van der Waals surface area contributed by atoms with Gasteiger partial charge in [-0.2, -0.15) is 0 Å². The van der Waals surface area contributed by atoms with Crippen molar-refractivity contribution in [2.45, 2.75) is 50.0 Å². The van der Waals surface area contributed by atoms with Crippen LogP contribution in [0.2, 0.25) is 0 Å². The number of ketones is 1. The number of hydrogen-bond donors (Lipinski definition) is 1. The van der Waals surface area contributed by atoms with E-state index in [0.29, 0.717) is 13.0 Å². The molecule has 2 saturated carbocycles. The minimum absolute atomic E-state index is 0.00573. The minimum Gasteiger partial charge on any atom is -0.497 e. The lowest BCUT2D eigenvalue weighted by molar-refractivity contribution is -0.219. The molecule has 2 aliphatic heterocycles. The van der Waals surface area contributed by atoms with Gasteiger partial charge in [0.1, 0.15) is 23.7 Å². The fourth-order valence-electron chi connectivity index (χ4n) is 6.72. The Balaban J connectivity index is 1.32. The number of ether oxygens (including phenoxy) is 5. The highest BCUT2D eigenvalue weighted by atomic mass is 16.6. The Hall–Kier alpha value is -2.78. The lowest BCUT2D eigenvalue weighted by atomic mass is 9.49. The molecule has 4 fully saturated rings. The van der Waals surface area contributed by atoms with Gasteiger partial charge >= 0.3 is 5.97 Å². The zero-order chi connectivity index (χ0) is 24.9. The van der Waals surface area contributed by atoms with Crippen molar-refractivity contribution in [2.24, 2.45) is 17.3 Å². The van der Waals surface area contributed by atoms with Crippen LogP contribution in [0.1, 0.15) is 24.0 Å². The molecule has 0 radical (unpaired) electrons. The predicted molar refractivity (Wildman–Crippen MR) is 126 cm³/mol. The van der Waals surface area contributed by atoms with Crippen LogP contribution in [0.25, 0.3) is 0 Å². The Morgan fingerprint density at radius 2 is 1.75 bits per heavy atom. The van der Waals surface area contributed by atoms with Crippen molar-refractivity contribution in [3.8, 4) is 5.75 Å². The second-order valence-electron chi connectivity index (χ2n) is 10.3. The summed E-state index contributed by atoms with van der Waals surface area (Å²) in [7, 11) is 1.61.